The molecule has 2 amide bonds. The van der Waals surface area contributed by atoms with Crippen molar-refractivity contribution >= 4 is 23.4 Å². The second-order valence-electron chi connectivity index (χ2n) is 9.59. The molecule has 3 aromatic rings. The van der Waals surface area contributed by atoms with Crippen molar-refractivity contribution in [2.24, 2.45) is 0 Å². The summed E-state index contributed by atoms with van der Waals surface area (Å²) in [5, 5.41) is 0.545. The number of halogens is 1. The Morgan fingerprint density at radius 1 is 1.00 bits per heavy atom. The fraction of sp³-hybridized carbons (Fsp3) is 0.400. The first-order valence-electron chi connectivity index (χ1n) is 13.1. The molecule has 1 aromatic heterocycles. The lowest BCUT2D eigenvalue weighted by Gasteiger charge is -2.29. The van der Waals surface area contributed by atoms with Crippen molar-refractivity contribution in [1.29, 1.82) is 0 Å². The van der Waals surface area contributed by atoms with E-state index in [1.165, 1.54) is 0 Å². The number of furan rings is 1. The summed E-state index contributed by atoms with van der Waals surface area (Å²) < 4.78 is 22.4. The smallest absolute Gasteiger partial charge is 0.254 e. The average molecular weight is 555 g/mol. The molecule has 2 heterocycles. The molecule has 0 spiro atoms. The number of carbonyl (C=O) groups excluding carboxylic acids is 2. The fourth-order valence-electron chi connectivity index (χ4n) is 4.64. The van der Waals surface area contributed by atoms with Crippen LogP contribution in [0, 0.1) is 6.92 Å². The minimum Gasteiger partial charge on any atom is -0.493 e. The molecule has 9 heteroatoms. The quantitative estimate of drug-likeness (QED) is 0.308. The number of rotatable bonds is 12. The van der Waals surface area contributed by atoms with Crippen molar-refractivity contribution in [2.45, 2.75) is 38.8 Å². The molecule has 8 nitrogen and oxygen atoms in total. The lowest BCUT2D eigenvalue weighted by atomic mass is 10.1. The summed E-state index contributed by atoms with van der Waals surface area (Å²) in [6.07, 6.45) is 2.29. The molecular weight excluding hydrogens is 520 g/mol. The molecule has 1 aliphatic rings. The minimum absolute atomic E-state index is 0.0764. The molecule has 1 saturated heterocycles. The van der Waals surface area contributed by atoms with Gasteiger partial charge in [0.05, 0.1) is 26.9 Å². The Labute approximate surface area is 234 Å². The van der Waals surface area contributed by atoms with Crippen LogP contribution in [-0.4, -0.2) is 68.2 Å². The topological polar surface area (TPSA) is 81.5 Å². The van der Waals surface area contributed by atoms with Crippen molar-refractivity contribution in [3.63, 3.8) is 0 Å². The molecule has 0 N–H and O–H groups in total. The molecular formula is C30H35ClN2O6. The number of hydrogen-bond donors (Lipinski definition) is 0. The fourth-order valence-corrected chi connectivity index (χ4v) is 4.77. The van der Waals surface area contributed by atoms with E-state index in [0.29, 0.717) is 60.5 Å². The van der Waals surface area contributed by atoms with Crippen LogP contribution in [0.3, 0.4) is 0 Å². The maximum Gasteiger partial charge on any atom is 0.254 e. The van der Waals surface area contributed by atoms with Crippen molar-refractivity contribution in [1.82, 2.24) is 9.80 Å². The van der Waals surface area contributed by atoms with E-state index in [1.54, 1.807) is 48.3 Å². The molecule has 208 valence electrons. The largest absolute Gasteiger partial charge is 0.493 e. The summed E-state index contributed by atoms with van der Waals surface area (Å²) in [5.41, 5.74) is 1.47. The molecule has 0 saturated carbocycles. The summed E-state index contributed by atoms with van der Waals surface area (Å²) in [4.78, 5) is 30.6. The van der Waals surface area contributed by atoms with Gasteiger partial charge in [-0.3, -0.25) is 9.59 Å². The van der Waals surface area contributed by atoms with E-state index in [1.807, 2.05) is 37.3 Å². The van der Waals surface area contributed by atoms with Gasteiger partial charge >= 0.3 is 0 Å². The normalized spacial score (nSPS) is 14.7. The number of ether oxygens (including phenoxy) is 3. The van der Waals surface area contributed by atoms with Crippen LogP contribution in [-0.2, 0) is 22.5 Å². The SMILES string of the molecule is COc1ccc(CCN(Cc2ccc(C)o2)C(=O)CN(C[C@@H]2CCCO2)C(=O)c2ccc(Cl)cc2)cc1OC. The van der Waals surface area contributed by atoms with E-state index in [2.05, 4.69) is 0 Å². The minimum atomic E-state index is -0.232. The number of amides is 2. The summed E-state index contributed by atoms with van der Waals surface area (Å²) in [6.45, 7) is 3.52. The Hall–Kier alpha value is -3.49. The second kappa shape index (κ2) is 13.5. The van der Waals surface area contributed by atoms with Crippen LogP contribution in [0.4, 0.5) is 0 Å². The van der Waals surface area contributed by atoms with Gasteiger partial charge in [-0.2, -0.15) is 0 Å². The van der Waals surface area contributed by atoms with Gasteiger partial charge in [0.15, 0.2) is 11.5 Å². The van der Waals surface area contributed by atoms with Crippen LogP contribution in [0.15, 0.2) is 59.0 Å². The predicted octanol–water partition coefficient (Wildman–Crippen LogP) is 5.15. The number of benzene rings is 2. The number of methoxy groups -OCH3 is 2. The molecule has 0 radical (unpaired) electrons. The first kappa shape index (κ1) is 28.5. The lowest BCUT2D eigenvalue weighted by molar-refractivity contribution is -0.133. The maximum atomic E-state index is 13.8. The third kappa shape index (κ3) is 7.77. The van der Waals surface area contributed by atoms with E-state index in [4.69, 9.17) is 30.2 Å². The molecule has 1 fully saturated rings. The van der Waals surface area contributed by atoms with Gasteiger partial charge in [-0.05, 0) is 80.3 Å². The molecule has 1 atom stereocenters. The summed E-state index contributed by atoms with van der Waals surface area (Å²) >= 11 is 6.03. The van der Waals surface area contributed by atoms with E-state index in [0.717, 1.165) is 24.2 Å². The Bertz CT molecular complexity index is 1250. The Morgan fingerprint density at radius 2 is 1.77 bits per heavy atom. The third-order valence-electron chi connectivity index (χ3n) is 6.77. The summed E-state index contributed by atoms with van der Waals surface area (Å²) in [6, 6.07) is 16.2. The van der Waals surface area contributed by atoms with Gasteiger partial charge in [-0.25, -0.2) is 0 Å². The van der Waals surface area contributed by atoms with Gasteiger partial charge in [0.25, 0.3) is 5.91 Å². The highest BCUT2D eigenvalue weighted by Gasteiger charge is 2.27. The Balaban J connectivity index is 1.53. The van der Waals surface area contributed by atoms with Crippen LogP contribution in [0.2, 0.25) is 5.02 Å². The zero-order valence-electron chi connectivity index (χ0n) is 22.7. The van der Waals surface area contributed by atoms with Gasteiger partial charge in [-0.15, -0.1) is 0 Å². The first-order valence-corrected chi connectivity index (χ1v) is 13.4. The molecule has 4 rings (SSSR count). The van der Waals surface area contributed by atoms with Gasteiger partial charge in [-0.1, -0.05) is 17.7 Å². The van der Waals surface area contributed by atoms with E-state index < -0.39 is 0 Å². The van der Waals surface area contributed by atoms with Crippen LogP contribution in [0.25, 0.3) is 0 Å². The second-order valence-corrected chi connectivity index (χ2v) is 10.0. The molecule has 0 unspecified atom stereocenters. The van der Waals surface area contributed by atoms with Gasteiger partial charge in [0, 0.05) is 30.3 Å². The molecule has 0 bridgehead atoms. The van der Waals surface area contributed by atoms with Crippen LogP contribution in [0.1, 0.15) is 40.3 Å². The first-order chi connectivity index (χ1) is 18.9. The molecule has 0 aliphatic carbocycles. The molecule has 1 aliphatic heterocycles. The van der Waals surface area contributed by atoms with E-state index in [9.17, 15) is 9.59 Å². The number of hydrogen-bond acceptors (Lipinski definition) is 6. The van der Waals surface area contributed by atoms with E-state index >= 15 is 0 Å². The van der Waals surface area contributed by atoms with Gasteiger partial charge < -0.3 is 28.4 Å². The van der Waals surface area contributed by atoms with Crippen molar-refractivity contribution in [3.8, 4) is 11.5 Å². The van der Waals surface area contributed by atoms with Crippen LogP contribution in [0.5, 0.6) is 11.5 Å². The maximum absolute atomic E-state index is 13.8. The van der Waals surface area contributed by atoms with Crippen molar-refractivity contribution < 1.29 is 28.2 Å². The molecule has 39 heavy (non-hydrogen) atoms. The van der Waals surface area contributed by atoms with Gasteiger partial charge in [0.1, 0.15) is 18.1 Å². The van der Waals surface area contributed by atoms with Crippen molar-refractivity contribution in [2.75, 3.05) is 40.5 Å². The molecule has 2 aromatic carbocycles. The Kier molecular flexibility index (Phi) is 9.90. The van der Waals surface area contributed by atoms with Crippen molar-refractivity contribution in [3.05, 3.63) is 82.3 Å². The van der Waals surface area contributed by atoms with Gasteiger partial charge in [0.2, 0.25) is 5.91 Å². The predicted molar refractivity (Wildman–Crippen MR) is 148 cm³/mol. The standard InChI is InChI=1S/C30H35ClN2O6/c1-21-6-12-26(39-21)19-32(15-14-22-7-13-27(36-2)28(17-22)37-3)29(34)20-33(18-25-5-4-16-38-25)30(35)23-8-10-24(31)11-9-23/h6-13,17,25H,4-5,14-16,18-20H2,1-3H3/t25-/m0/s1. The highest BCUT2D eigenvalue weighted by Crippen LogP contribution is 2.28. The average Bonchev–Trinajstić information content (AvgIpc) is 3.61. The van der Waals surface area contributed by atoms with Crippen LogP contribution >= 0.6 is 11.6 Å². The number of aryl methyl sites for hydroxylation is 1. The highest BCUT2D eigenvalue weighted by molar-refractivity contribution is 6.30. The highest BCUT2D eigenvalue weighted by atomic mass is 35.5. The summed E-state index contributed by atoms with van der Waals surface area (Å²) in [5.74, 6) is 2.32. The zero-order valence-corrected chi connectivity index (χ0v) is 23.4. The monoisotopic (exact) mass is 554 g/mol. The Morgan fingerprint density at radius 3 is 2.41 bits per heavy atom. The third-order valence-corrected chi connectivity index (χ3v) is 7.02. The zero-order chi connectivity index (χ0) is 27.8. The lowest BCUT2D eigenvalue weighted by Crippen LogP contribution is -2.46. The summed E-state index contributed by atoms with van der Waals surface area (Å²) in [7, 11) is 3.19. The number of carbonyl (C=O) groups is 2. The van der Waals surface area contributed by atoms with Crippen LogP contribution < -0.4 is 9.47 Å². The van der Waals surface area contributed by atoms with E-state index in [-0.39, 0.29) is 24.5 Å². The number of nitrogens with zero attached hydrogens (tertiary/aromatic N) is 2.